The molecule has 0 spiro atoms. The van der Waals surface area contributed by atoms with Gasteiger partial charge in [0, 0.05) is 18.6 Å². The number of halogens is 1. The topological polar surface area (TPSA) is 66.2 Å². The third-order valence-corrected chi connectivity index (χ3v) is 3.93. The summed E-state index contributed by atoms with van der Waals surface area (Å²) < 4.78 is 12.9. The SMILES string of the molecule is COc1ccc(COC(=O)c2ccc(-n3cccn3)nc2)cc1Br. The van der Waals surface area contributed by atoms with Crippen molar-refractivity contribution in [2.45, 2.75) is 6.61 Å². The third-order valence-electron chi connectivity index (χ3n) is 3.31. The molecular formula is C17H14BrN3O3. The summed E-state index contributed by atoms with van der Waals surface area (Å²) in [6, 6.07) is 10.7. The first-order valence-corrected chi connectivity index (χ1v) is 7.92. The maximum atomic E-state index is 12.1. The second kappa shape index (κ2) is 7.27. The number of carbonyl (C=O) groups is 1. The summed E-state index contributed by atoms with van der Waals surface area (Å²) in [5.74, 6) is 0.931. The van der Waals surface area contributed by atoms with E-state index in [9.17, 15) is 4.79 Å². The zero-order chi connectivity index (χ0) is 16.9. The number of carbonyl (C=O) groups excluding carboxylic acids is 1. The number of ether oxygens (including phenoxy) is 2. The first-order valence-electron chi connectivity index (χ1n) is 7.13. The number of methoxy groups -OCH3 is 1. The molecule has 0 saturated heterocycles. The zero-order valence-corrected chi connectivity index (χ0v) is 14.4. The van der Waals surface area contributed by atoms with Gasteiger partial charge in [0.2, 0.25) is 0 Å². The van der Waals surface area contributed by atoms with Gasteiger partial charge in [0.05, 0.1) is 17.1 Å². The fraction of sp³-hybridized carbons (Fsp3) is 0.118. The van der Waals surface area contributed by atoms with Crippen LogP contribution in [0.1, 0.15) is 15.9 Å². The molecule has 2 aromatic heterocycles. The normalized spacial score (nSPS) is 10.4. The van der Waals surface area contributed by atoms with Crippen molar-refractivity contribution in [3.05, 3.63) is 70.6 Å². The molecule has 0 aliphatic carbocycles. The van der Waals surface area contributed by atoms with E-state index in [-0.39, 0.29) is 6.61 Å². The smallest absolute Gasteiger partial charge is 0.340 e. The predicted molar refractivity (Wildman–Crippen MR) is 91.2 cm³/mol. The van der Waals surface area contributed by atoms with Gasteiger partial charge >= 0.3 is 5.97 Å². The van der Waals surface area contributed by atoms with Gasteiger partial charge in [-0.25, -0.2) is 14.5 Å². The number of hydrogen-bond donors (Lipinski definition) is 0. The minimum Gasteiger partial charge on any atom is -0.496 e. The number of hydrogen-bond acceptors (Lipinski definition) is 5. The molecule has 3 rings (SSSR count). The van der Waals surface area contributed by atoms with Gasteiger partial charge in [-0.2, -0.15) is 5.10 Å². The highest BCUT2D eigenvalue weighted by atomic mass is 79.9. The average molecular weight is 388 g/mol. The fourth-order valence-corrected chi connectivity index (χ4v) is 2.67. The third kappa shape index (κ3) is 3.62. The maximum absolute atomic E-state index is 12.1. The Kier molecular flexibility index (Phi) is 4.90. The van der Waals surface area contributed by atoms with E-state index >= 15 is 0 Å². The molecule has 0 N–H and O–H groups in total. The minimum absolute atomic E-state index is 0.169. The molecule has 0 unspecified atom stereocenters. The highest BCUT2D eigenvalue weighted by molar-refractivity contribution is 9.10. The minimum atomic E-state index is -0.429. The highest BCUT2D eigenvalue weighted by Gasteiger charge is 2.10. The lowest BCUT2D eigenvalue weighted by molar-refractivity contribution is 0.0472. The highest BCUT2D eigenvalue weighted by Crippen LogP contribution is 2.25. The Morgan fingerprint density at radius 1 is 1.29 bits per heavy atom. The molecule has 6 nitrogen and oxygen atoms in total. The Bertz CT molecular complexity index is 833. The van der Waals surface area contributed by atoms with Gasteiger partial charge in [-0.3, -0.25) is 0 Å². The van der Waals surface area contributed by atoms with Crippen molar-refractivity contribution in [2.24, 2.45) is 0 Å². The summed E-state index contributed by atoms with van der Waals surface area (Å²) in [5, 5.41) is 4.08. The number of nitrogens with zero attached hydrogens (tertiary/aromatic N) is 3. The number of aromatic nitrogens is 3. The van der Waals surface area contributed by atoms with Crippen molar-refractivity contribution in [1.82, 2.24) is 14.8 Å². The molecule has 1 aromatic carbocycles. The first kappa shape index (κ1) is 16.2. The van der Waals surface area contributed by atoms with Crippen molar-refractivity contribution < 1.29 is 14.3 Å². The molecular weight excluding hydrogens is 374 g/mol. The van der Waals surface area contributed by atoms with E-state index in [2.05, 4.69) is 26.0 Å². The lowest BCUT2D eigenvalue weighted by Crippen LogP contribution is -2.07. The summed E-state index contributed by atoms with van der Waals surface area (Å²) in [6.45, 7) is 0.169. The van der Waals surface area contributed by atoms with Gasteiger partial charge in [-0.15, -0.1) is 0 Å². The van der Waals surface area contributed by atoms with Gasteiger partial charge < -0.3 is 9.47 Å². The molecule has 0 radical (unpaired) electrons. The molecule has 24 heavy (non-hydrogen) atoms. The van der Waals surface area contributed by atoms with Gasteiger partial charge in [0.1, 0.15) is 12.4 Å². The number of rotatable bonds is 5. The van der Waals surface area contributed by atoms with Gasteiger partial charge in [-0.1, -0.05) is 6.07 Å². The summed E-state index contributed by atoms with van der Waals surface area (Å²) in [5.41, 5.74) is 1.25. The Hall–Kier alpha value is -2.67. The van der Waals surface area contributed by atoms with E-state index < -0.39 is 5.97 Å². The lowest BCUT2D eigenvalue weighted by atomic mass is 10.2. The monoisotopic (exact) mass is 387 g/mol. The Morgan fingerprint density at radius 3 is 2.79 bits per heavy atom. The summed E-state index contributed by atoms with van der Waals surface area (Å²) in [7, 11) is 1.60. The van der Waals surface area contributed by atoms with Crippen molar-refractivity contribution in [1.29, 1.82) is 0 Å². The summed E-state index contributed by atoms with van der Waals surface area (Å²) in [4.78, 5) is 16.3. The van der Waals surface area contributed by atoms with Crippen molar-refractivity contribution in [3.63, 3.8) is 0 Å². The van der Waals surface area contributed by atoms with Gasteiger partial charge in [0.25, 0.3) is 0 Å². The van der Waals surface area contributed by atoms with Crippen LogP contribution in [-0.2, 0) is 11.3 Å². The van der Waals surface area contributed by atoms with Crippen molar-refractivity contribution in [3.8, 4) is 11.6 Å². The molecule has 0 amide bonds. The number of benzene rings is 1. The first-order chi connectivity index (χ1) is 11.7. The van der Waals surface area contributed by atoms with Gasteiger partial charge in [-0.05, 0) is 51.8 Å². The molecule has 3 aromatic rings. The molecule has 122 valence electrons. The van der Waals surface area contributed by atoms with E-state index in [1.165, 1.54) is 6.20 Å². The number of esters is 1. The van der Waals surface area contributed by atoms with E-state index in [1.807, 2.05) is 18.2 Å². The molecule has 0 saturated carbocycles. The molecule has 0 fully saturated rings. The molecule has 2 heterocycles. The second-order valence-corrected chi connectivity index (χ2v) is 5.76. The Labute approximate surface area is 147 Å². The number of pyridine rings is 1. The molecule has 0 aliphatic rings. The van der Waals surface area contributed by atoms with Crippen LogP contribution in [0.3, 0.4) is 0 Å². The van der Waals surface area contributed by atoms with Crippen LogP contribution in [0.4, 0.5) is 0 Å². The van der Waals surface area contributed by atoms with Crippen LogP contribution in [-0.4, -0.2) is 27.8 Å². The Balaban J connectivity index is 1.63. The van der Waals surface area contributed by atoms with Crippen LogP contribution in [0.15, 0.2) is 59.5 Å². The van der Waals surface area contributed by atoms with E-state index in [0.29, 0.717) is 11.4 Å². The van der Waals surface area contributed by atoms with Gasteiger partial charge in [0.15, 0.2) is 5.82 Å². The average Bonchev–Trinajstić information content (AvgIpc) is 3.14. The fourth-order valence-electron chi connectivity index (χ4n) is 2.08. The van der Waals surface area contributed by atoms with E-state index in [1.54, 1.807) is 42.4 Å². The zero-order valence-electron chi connectivity index (χ0n) is 12.8. The predicted octanol–water partition coefficient (Wildman–Crippen LogP) is 3.40. The van der Waals surface area contributed by atoms with Crippen LogP contribution in [0, 0.1) is 0 Å². The molecule has 7 heteroatoms. The van der Waals surface area contributed by atoms with Crippen LogP contribution in [0.5, 0.6) is 5.75 Å². The van der Waals surface area contributed by atoms with Crippen molar-refractivity contribution >= 4 is 21.9 Å². The van der Waals surface area contributed by atoms with Crippen LogP contribution in [0.2, 0.25) is 0 Å². The van der Waals surface area contributed by atoms with Crippen LogP contribution < -0.4 is 4.74 Å². The molecule has 0 bridgehead atoms. The maximum Gasteiger partial charge on any atom is 0.340 e. The van der Waals surface area contributed by atoms with Crippen molar-refractivity contribution in [2.75, 3.05) is 7.11 Å². The summed E-state index contributed by atoms with van der Waals surface area (Å²) >= 11 is 3.40. The van der Waals surface area contributed by atoms with E-state index in [4.69, 9.17) is 9.47 Å². The van der Waals surface area contributed by atoms with Crippen LogP contribution in [0.25, 0.3) is 5.82 Å². The van der Waals surface area contributed by atoms with E-state index in [0.717, 1.165) is 15.8 Å². The lowest BCUT2D eigenvalue weighted by Gasteiger charge is -2.08. The second-order valence-electron chi connectivity index (χ2n) is 4.90. The quantitative estimate of drug-likeness (QED) is 0.627. The largest absolute Gasteiger partial charge is 0.496 e. The summed E-state index contributed by atoms with van der Waals surface area (Å²) in [6.07, 6.45) is 4.92. The molecule has 0 aliphatic heterocycles. The Morgan fingerprint density at radius 2 is 2.17 bits per heavy atom. The molecule has 0 atom stereocenters. The standard InChI is InChI=1S/C17H14BrN3O3/c1-23-15-5-3-12(9-14(15)18)11-24-17(22)13-4-6-16(19-10-13)21-8-2-7-20-21/h2-10H,11H2,1H3. The van der Waals surface area contributed by atoms with Crippen LogP contribution >= 0.6 is 15.9 Å².